The highest BCUT2D eigenvalue weighted by molar-refractivity contribution is 5.94. The van der Waals surface area contributed by atoms with Crippen LogP contribution in [-0.2, 0) is 13.7 Å². The van der Waals surface area contributed by atoms with Crippen molar-refractivity contribution in [2.24, 2.45) is 7.05 Å². The van der Waals surface area contributed by atoms with Gasteiger partial charge in [0.2, 0.25) is 0 Å². The number of imidazole rings is 1. The topological polar surface area (TPSA) is 53.4 Å². The Morgan fingerprint density at radius 2 is 2.16 bits per heavy atom. The van der Waals surface area contributed by atoms with Crippen LogP contribution in [0.4, 0.5) is 0 Å². The van der Waals surface area contributed by atoms with Gasteiger partial charge in [0, 0.05) is 25.0 Å². The number of Topliss-reactive ketones (excluding diaryl/α,β-unsaturated/α-hetero) is 1. The zero-order valence-electron chi connectivity index (χ0n) is 11.2. The number of carbonyl (C=O) groups excluding carboxylic acids is 1. The molecule has 19 heavy (non-hydrogen) atoms. The summed E-state index contributed by atoms with van der Waals surface area (Å²) in [4.78, 5) is 15.5. The summed E-state index contributed by atoms with van der Waals surface area (Å²) < 4.78 is 12.8. The Balaban J connectivity index is 2.16. The molecule has 0 aliphatic heterocycles. The molecule has 1 heterocycles. The van der Waals surface area contributed by atoms with Crippen molar-refractivity contribution in [3.8, 4) is 11.5 Å². The van der Waals surface area contributed by atoms with Crippen LogP contribution < -0.4 is 9.47 Å². The SMILES string of the molecule is COc1cc(C(C)=O)ccc1OCc1nccn1C. The second-order valence-corrected chi connectivity index (χ2v) is 4.16. The van der Waals surface area contributed by atoms with E-state index >= 15 is 0 Å². The van der Waals surface area contributed by atoms with Gasteiger partial charge in [0.1, 0.15) is 12.4 Å². The summed E-state index contributed by atoms with van der Waals surface area (Å²) in [6.45, 7) is 1.86. The minimum Gasteiger partial charge on any atom is -0.493 e. The van der Waals surface area contributed by atoms with Gasteiger partial charge in [-0.25, -0.2) is 4.98 Å². The number of hydrogen-bond acceptors (Lipinski definition) is 4. The summed E-state index contributed by atoms with van der Waals surface area (Å²) in [6.07, 6.45) is 3.57. The molecule has 2 aromatic rings. The van der Waals surface area contributed by atoms with Crippen LogP contribution in [0, 0.1) is 0 Å². The van der Waals surface area contributed by atoms with Crippen molar-refractivity contribution in [2.45, 2.75) is 13.5 Å². The second-order valence-electron chi connectivity index (χ2n) is 4.16. The van der Waals surface area contributed by atoms with Gasteiger partial charge in [-0.3, -0.25) is 4.79 Å². The highest BCUT2D eigenvalue weighted by atomic mass is 16.5. The number of aromatic nitrogens is 2. The van der Waals surface area contributed by atoms with E-state index in [9.17, 15) is 4.79 Å². The quantitative estimate of drug-likeness (QED) is 0.773. The standard InChI is InChI=1S/C14H16N2O3/c1-10(17)11-4-5-12(13(8-11)18-3)19-9-14-15-6-7-16(14)2/h4-8H,9H2,1-3H3. The van der Waals surface area contributed by atoms with Gasteiger partial charge in [-0.05, 0) is 25.1 Å². The fourth-order valence-electron chi connectivity index (χ4n) is 1.68. The van der Waals surface area contributed by atoms with Crippen molar-refractivity contribution in [1.82, 2.24) is 9.55 Å². The van der Waals surface area contributed by atoms with E-state index in [1.807, 2.05) is 17.8 Å². The Labute approximate surface area is 111 Å². The Morgan fingerprint density at radius 1 is 1.37 bits per heavy atom. The number of ketones is 1. The zero-order chi connectivity index (χ0) is 13.8. The van der Waals surface area contributed by atoms with Gasteiger partial charge in [-0.15, -0.1) is 0 Å². The van der Waals surface area contributed by atoms with E-state index < -0.39 is 0 Å². The van der Waals surface area contributed by atoms with Crippen LogP contribution in [0.25, 0.3) is 0 Å². The molecule has 5 nitrogen and oxygen atoms in total. The van der Waals surface area contributed by atoms with Crippen LogP contribution in [0.1, 0.15) is 23.1 Å². The maximum atomic E-state index is 11.3. The first-order valence-electron chi connectivity index (χ1n) is 5.90. The molecule has 0 radical (unpaired) electrons. The Kier molecular flexibility index (Phi) is 3.85. The summed E-state index contributed by atoms with van der Waals surface area (Å²) in [7, 11) is 3.45. The minimum atomic E-state index is -0.00560. The van der Waals surface area contributed by atoms with Crippen LogP contribution in [0.5, 0.6) is 11.5 Å². The lowest BCUT2D eigenvalue weighted by Crippen LogP contribution is -2.04. The number of carbonyl (C=O) groups is 1. The van der Waals surface area contributed by atoms with Crippen molar-refractivity contribution in [3.05, 3.63) is 42.0 Å². The van der Waals surface area contributed by atoms with Crippen molar-refractivity contribution >= 4 is 5.78 Å². The molecule has 0 saturated carbocycles. The van der Waals surface area contributed by atoms with Gasteiger partial charge in [-0.1, -0.05) is 0 Å². The molecule has 0 unspecified atom stereocenters. The van der Waals surface area contributed by atoms with Gasteiger partial charge >= 0.3 is 0 Å². The zero-order valence-corrected chi connectivity index (χ0v) is 11.2. The first-order valence-corrected chi connectivity index (χ1v) is 5.90. The first kappa shape index (κ1) is 13.1. The molecule has 0 aliphatic carbocycles. The number of aryl methyl sites for hydroxylation is 1. The maximum Gasteiger partial charge on any atom is 0.161 e. The molecular formula is C14H16N2O3. The molecule has 0 amide bonds. The van der Waals surface area contributed by atoms with E-state index in [4.69, 9.17) is 9.47 Å². The highest BCUT2D eigenvalue weighted by Gasteiger charge is 2.09. The molecule has 0 N–H and O–H groups in total. The number of methoxy groups -OCH3 is 1. The second kappa shape index (κ2) is 5.56. The monoisotopic (exact) mass is 260 g/mol. The number of benzene rings is 1. The molecule has 0 bridgehead atoms. The van der Waals surface area contributed by atoms with Gasteiger partial charge < -0.3 is 14.0 Å². The van der Waals surface area contributed by atoms with Gasteiger partial charge in [0.15, 0.2) is 17.3 Å². The number of rotatable bonds is 5. The molecule has 0 fully saturated rings. The lowest BCUT2D eigenvalue weighted by Gasteiger charge is -2.11. The van der Waals surface area contributed by atoms with Gasteiger partial charge in [0.25, 0.3) is 0 Å². The molecule has 0 aliphatic rings. The molecular weight excluding hydrogens is 244 g/mol. The summed E-state index contributed by atoms with van der Waals surface area (Å²) >= 11 is 0. The number of ether oxygens (including phenoxy) is 2. The molecule has 1 aromatic carbocycles. The largest absolute Gasteiger partial charge is 0.493 e. The van der Waals surface area contributed by atoms with Crippen LogP contribution in [-0.4, -0.2) is 22.4 Å². The Morgan fingerprint density at radius 3 is 2.74 bits per heavy atom. The Hall–Kier alpha value is -2.30. The van der Waals surface area contributed by atoms with Crippen molar-refractivity contribution in [2.75, 3.05) is 7.11 Å². The lowest BCUT2D eigenvalue weighted by atomic mass is 10.1. The van der Waals surface area contributed by atoms with Crippen molar-refractivity contribution in [1.29, 1.82) is 0 Å². The van der Waals surface area contributed by atoms with E-state index in [-0.39, 0.29) is 5.78 Å². The van der Waals surface area contributed by atoms with Gasteiger partial charge in [-0.2, -0.15) is 0 Å². The maximum absolute atomic E-state index is 11.3. The summed E-state index contributed by atoms with van der Waals surface area (Å²) in [6, 6.07) is 5.13. The van der Waals surface area contributed by atoms with Crippen LogP contribution in [0.15, 0.2) is 30.6 Å². The third kappa shape index (κ3) is 2.93. The van der Waals surface area contributed by atoms with Crippen LogP contribution in [0.2, 0.25) is 0 Å². The fraction of sp³-hybridized carbons (Fsp3) is 0.286. The normalized spacial score (nSPS) is 10.3. The van der Waals surface area contributed by atoms with Crippen LogP contribution in [0.3, 0.4) is 0 Å². The van der Waals surface area contributed by atoms with Crippen molar-refractivity contribution < 1.29 is 14.3 Å². The predicted molar refractivity (Wildman–Crippen MR) is 70.5 cm³/mol. The molecule has 0 spiro atoms. The molecule has 5 heteroatoms. The van der Waals surface area contributed by atoms with E-state index in [1.54, 1.807) is 31.5 Å². The molecule has 100 valence electrons. The number of hydrogen-bond donors (Lipinski definition) is 0. The third-order valence-corrected chi connectivity index (χ3v) is 2.85. The van der Waals surface area contributed by atoms with E-state index in [0.29, 0.717) is 23.7 Å². The Bertz CT molecular complexity index is 590. The minimum absolute atomic E-state index is 0.00560. The van der Waals surface area contributed by atoms with E-state index in [0.717, 1.165) is 5.82 Å². The summed E-state index contributed by atoms with van der Waals surface area (Å²) in [5, 5.41) is 0. The first-order chi connectivity index (χ1) is 9.11. The van der Waals surface area contributed by atoms with Crippen LogP contribution >= 0.6 is 0 Å². The smallest absolute Gasteiger partial charge is 0.161 e. The van der Waals surface area contributed by atoms with Crippen molar-refractivity contribution in [3.63, 3.8) is 0 Å². The average Bonchev–Trinajstić information content (AvgIpc) is 2.81. The highest BCUT2D eigenvalue weighted by Crippen LogP contribution is 2.28. The molecule has 0 saturated heterocycles. The lowest BCUT2D eigenvalue weighted by molar-refractivity contribution is 0.101. The molecule has 2 rings (SSSR count). The average molecular weight is 260 g/mol. The number of nitrogens with zero attached hydrogens (tertiary/aromatic N) is 2. The van der Waals surface area contributed by atoms with E-state index in [1.165, 1.54) is 6.92 Å². The predicted octanol–water partition coefficient (Wildman–Crippen LogP) is 2.21. The fourth-order valence-corrected chi connectivity index (χ4v) is 1.68. The summed E-state index contributed by atoms with van der Waals surface area (Å²) in [5.74, 6) is 1.95. The summed E-state index contributed by atoms with van der Waals surface area (Å²) in [5.41, 5.74) is 0.598. The molecule has 1 aromatic heterocycles. The molecule has 0 atom stereocenters. The van der Waals surface area contributed by atoms with Gasteiger partial charge in [0.05, 0.1) is 7.11 Å². The third-order valence-electron chi connectivity index (χ3n) is 2.85. The van der Waals surface area contributed by atoms with E-state index in [2.05, 4.69) is 4.98 Å².